The Morgan fingerprint density at radius 1 is 1.18 bits per heavy atom. The third-order valence-electron chi connectivity index (χ3n) is 1.35. The summed E-state index contributed by atoms with van der Waals surface area (Å²) < 4.78 is 0. The van der Waals surface area contributed by atoms with Gasteiger partial charge in [0.15, 0.2) is 0 Å². The Balaban J connectivity index is 2.91. The summed E-state index contributed by atoms with van der Waals surface area (Å²) in [6.45, 7) is 0. The molecule has 2 nitrogen and oxygen atoms in total. The van der Waals surface area contributed by atoms with E-state index in [1.807, 2.05) is 12.1 Å². The third-order valence-corrected chi connectivity index (χ3v) is 1.35. The maximum Gasteiger partial charge on any atom is 0.150 e. The fraction of sp³-hybridized carbons (Fsp3) is 0.111. The van der Waals surface area contributed by atoms with Gasteiger partial charge in [-0.15, -0.1) is 0 Å². The first kappa shape index (κ1) is 7.66. The number of nitrogens with zero attached hydrogens (tertiary/aromatic N) is 1. The van der Waals surface area contributed by atoms with Crippen LogP contribution in [0.3, 0.4) is 0 Å². The maximum atomic E-state index is 10.2. The van der Waals surface area contributed by atoms with Crippen LogP contribution >= 0.6 is 0 Å². The summed E-state index contributed by atoms with van der Waals surface area (Å²) in [5, 5.41) is 0. The van der Waals surface area contributed by atoms with Gasteiger partial charge in [0.2, 0.25) is 0 Å². The van der Waals surface area contributed by atoms with E-state index in [1.54, 1.807) is 25.4 Å². The van der Waals surface area contributed by atoms with E-state index in [2.05, 4.69) is 4.99 Å². The van der Waals surface area contributed by atoms with Crippen LogP contribution in [0.4, 0.5) is 0 Å². The van der Waals surface area contributed by atoms with Crippen molar-refractivity contribution in [3.05, 3.63) is 35.4 Å². The van der Waals surface area contributed by atoms with Gasteiger partial charge in [0, 0.05) is 18.8 Å². The van der Waals surface area contributed by atoms with Crippen molar-refractivity contribution in [1.82, 2.24) is 0 Å². The molecule has 1 aromatic carbocycles. The predicted octanol–water partition coefficient (Wildman–Crippen LogP) is 1.55. The average Bonchev–Trinajstić information content (AvgIpc) is 2.07. The van der Waals surface area contributed by atoms with Crippen LogP contribution in [0.25, 0.3) is 0 Å². The normalized spacial score (nSPS) is 10.3. The quantitative estimate of drug-likeness (QED) is 0.461. The highest BCUT2D eigenvalue weighted by atomic mass is 16.1. The van der Waals surface area contributed by atoms with Crippen molar-refractivity contribution in [2.45, 2.75) is 0 Å². The molecule has 2 heteroatoms. The Kier molecular flexibility index (Phi) is 2.55. The molecule has 0 heterocycles. The summed E-state index contributed by atoms with van der Waals surface area (Å²) in [6.07, 6.45) is 2.57. The molecular weight excluding hydrogens is 138 g/mol. The van der Waals surface area contributed by atoms with Crippen LogP contribution in [-0.2, 0) is 0 Å². The first-order valence-electron chi connectivity index (χ1n) is 3.34. The smallest absolute Gasteiger partial charge is 0.150 e. The Morgan fingerprint density at radius 2 is 1.73 bits per heavy atom. The number of carbonyl (C=O) groups is 1. The van der Waals surface area contributed by atoms with Crippen LogP contribution in [0.5, 0.6) is 0 Å². The Morgan fingerprint density at radius 3 is 2.18 bits per heavy atom. The van der Waals surface area contributed by atoms with E-state index < -0.39 is 0 Å². The molecule has 56 valence electrons. The second-order valence-corrected chi connectivity index (χ2v) is 2.17. The van der Waals surface area contributed by atoms with Crippen molar-refractivity contribution in [2.75, 3.05) is 7.05 Å². The molecule has 0 radical (unpaired) electrons. The Bertz CT molecular complexity index is 261. The van der Waals surface area contributed by atoms with Gasteiger partial charge in [-0.3, -0.25) is 9.79 Å². The van der Waals surface area contributed by atoms with Crippen LogP contribution in [0, 0.1) is 0 Å². The molecule has 0 spiro atoms. The molecule has 0 atom stereocenters. The zero-order valence-electron chi connectivity index (χ0n) is 6.32. The van der Waals surface area contributed by atoms with E-state index in [0.29, 0.717) is 5.56 Å². The lowest BCUT2D eigenvalue weighted by molar-refractivity contribution is 0.112. The Hall–Kier alpha value is -1.44. The molecule has 0 saturated heterocycles. The molecule has 0 fully saturated rings. The molecule has 0 saturated carbocycles. The summed E-state index contributed by atoms with van der Waals surface area (Å²) in [5.74, 6) is 0. The van der Waals surface area contributed by atoms with Gasteiger partial charge in [-0.25, -0.2) is 0 Å². The van der Waals surface area contributed by atoms with Crippen LogP contribution in [0.2, 0.25) is 0 Å². The van der Waals surface area contributed by atoms with E-state index in [1.165, 1.54) is 0 Å². The van der Waals surface area contributed by atoms with Crippen molar-refractivity contribution in [3.63, 3.8) is 0 Å². The van der Waals surface area contributed by atoms with E-state index in [-0.39, 0.29) is 0 Å². The zero-order valence-corrected chi connectivity index (χ0v) is 6.32. The lowest BCUT2D eigenvalue weighted by atomic mass is 10.2. The highest BCUT2D eigenvalue weighted by Gasteiger charge is 1.88. The monoisotopic (exact) mass is 147 g/mol. The second-order valence-electron chi connectivity index (χ2n) is 2.17. The summed E-state index contributed by atoms with van der Waals surface area (Å²) in [7, 11) is 1.72. The van der Waals surface area contributed by atoms with Crippen molar-refractivity contribution >= 4 is 12.5 Å². The maximum absolute atomic E-state index is 10.2. The highest BCUT2D eigenvalue weighted by Crippen LogP contribution is 1.99. The average molecular weight is 147 g/mol. The van der Waals surface area contributed by atoms with Crippen molar-refractivity contribution in [3.8, 4) is 0 Å². The molecular formula is C9H9NO. The number of rotatable bonds is 2. The van der Waals surface area contributed by atoms with Gasteiger partial charge in [-0.2, -0.15) is 0 Å². The van der Waals surface area contributed by atoms with Gasteiger partial charge < -0.3 is 0 Å². The number of aldehydes is 1. The highest BCUT2D eigenvalue weighted by molar-refractivity contribution is 5.82. The molecule has 11 heavy (non-hydrogen) atoms. The lowest BCUT2D eigenvalue weighted by Gasteiger charge is -1.91. The van der Waals surface area contributed by atoms with Crippen LogP contribution < -0.4 is 0 Å². The molecule has 0 aliphatic carbocycles. The van der Waals surface area contributed by atoms with Gasteiger partial charge in [0.1, 0.15) is 6.29 Å². The van der Waals surface area contributed by atoms with Crippen LogP contribution in [0.15, 0.2) is 29.3 Å². The van der Waals surface area contributed by atoms with Gasteiger partial charge in [-0.1, -0.05) is 24.3 Å². The van der Waals surface area contributed by atoms with Crippen LogP contribution in [0.1, 0.15) is 15.9 Å². The van der Waals surface area contributed by atoms with E-state index in [4.69, 9.17) is 0 Å². The molecule has 1 rings (SSSR count). The molecule has 1 aromatic rings. The molecule has 0 aliphatic heterocycles. The van der Waals surface area contributed by atoms with Crippen molar-refractivity contribution < 1.29 is 4.79 Å². The summed E-state index contributed by atoms with van der Waals surface area (Å²) >= 11 is 0. The number of aliphatic imine (C=N–C) groups is 1. The summed E-state index contributed by atoms with van der Waals surface area (Å²) in [6, 6.07) is 7.25. The van der Waals surface area contributed by atoms with Crippen LogP contribution in [-0.4, -0.2) is 19.5 Å². The third kappa shape index (κ3) is 2.00. The second kappa shape index (κ2) is 3.66. The van der Waals surface area contributed by atoms with Gasteiger partial charge in [0.05, 0.1) is 0 Å². The summed E-state index contributed by atoms with van der Waals surface area (Å²) in [4.78, 5) is 14.1. The number of benzene rings is 1. The van der Waals surface area contributed by atoms with Gasteiger partial charge in [0.25, 0.3) is 0 Å². The first-order chi connectivity index (χ1) is 5.36. The SMILES string of the molecule is CN=Cc1ccc(C=O)cc1. The summed E-state index contributed by atoms with van der Waals surface area (Å²) in [5.41, 5.74) is 1.70. The molecule has 0 aromatic heterocycles. The van der Waals surface area contributed by atoms with E-state index >= 15 is 0 Å². The fourth-order valence-electron chi connectivity index (χ4n) is 0.810. The lowest BCUT2D eigenvalue weighted by Crippen LogP contribution is -1.82. The minimum atomic E-state index is 0.693. The van der Waals surface area contributed by atoms with Gasteiger partial charge in [-0.05, 0) is 5.56 Å². The molecule has 0 amide bonds. The molecule has 0 unspecified atom stereocenters. The number of hydrogen-bond acceptors (Lipinski definition) is 2. The number of hydrogen-bond donors (Lipinski definition) is 0. The topological polar surface area (TPSA) is 29.4 Å². The minimum Gasteiger partial charge on any atom is -0.298 e. The van der Waals surface area contributed by atoms with Crippen molar-refractivity contribution in [1.29, 1.82) is 0 Å². The number of carbonyl (C=O) groups excluding carboxylic acids is 1. The molecule has 0 bridgehead atoms. The minimum absolute atomic E-state index is 0.693. The van der Waals surface area contributed by atoms with E-state index in [0.717, 1.165) is 11.8 Å². The predicted molar refractivity (Wildman–Crippen MR) is 45.3 cm³/mol. The first-order valence-corrected chi connectivity index (χ1v) is 3.34. The molecule has 0 N–H and O–H groups in total. The van der Waals surface area contributed by atoms with Gasteiger partial charge >= 0.3 is 0 Å². The molecule has 0 aliphatic rings. The van der Waals surface area contributed by atoms with E-state index in [9.17, 15) is 4.79 Å². The Labute approximate surface area is 65.6 Å². The fourth-order valence-corrected chi connectivity index (χ4v) is 0.810. The standard InChI is InChI=1S/C9H9NO/c1-10-6-8-2-4-9(7-11)5-3-8/h2-7H,1H3. The largest absolute Gasteiger partial charge is 0.298 e. The van der Waals surface area contributed by atoms with Crippen molar-refractivity contribution in [2.24, 2.45) is 4.99 Å². The zero-order chi connectivity index (χ0) is 8.10.